The van der Waals surface area contributed by atoms with Crippen LogP contribution < -0.4 is 5.32 Å². The fourth-order valence-corrected chi connectivity index (χ4v) is 2.69. The summed E-state index contributed by atoms with van der Waals surface area (Å²) in [5, 5.41) is 16.3. The second-order valence-corrected chi connectivity index (χ2v) is 6.02. The Balaban J connectivity index is 1.92. The molecule has 0 aliphatic rings. The van der Waals surface area contributed by atoms with Crippen molar-refractivity contribution < 1.29 is 4.79 Å². The van der Waals surface area contributed by atoms with Crippen molar-refractivity contribution in [3.05, 3.63) is 47.3 Å². The maximum absolute atomic E-state index is 12.5. The SMILES string of the molecule is Cc1ccccc1NC(=O)c1cnc2nc(SCC#N)nn2c1C. The van der Waals surface area contributed by atoms with Crippen molar-refractivity contribution in [2.75, 3.05) is 11.1 Å². The second-order valence-electron chi connectivity index (χ2n) is 5.08. The number of thioether (sulfide) groups is 1. The van der Waals surface area contributed by atoms with Crippen molar-refractivity contribution in [2.24, 2.45) is 0 Å². The molecule has 3 aromatic rings. The lowest BCUT2D eigenvalue weighted by Crippen LogP contribution is -2.16. The van der Waals surface area contributed by atoms with Crippen LogP contribution in [0.25, 0.3) is 5.78 Å². The summed E-state index contributed by atoms with van der Waals surface area (Å²) in [5.41, 5.74) is 2.80. The van der Waals surface area contributed by atoms with E-state index < -0.39 is 0 Å². The van der Waals surface area contributed by atoms with E-state index in [-0.39, 0.29) is 11.7 Å². The first-order valence-electron chi connectivity index (χ1n) is 7.19. The maximum Gasteiger partial charge on any atom is 0.259 e. The molecule has 0 atom stereocenters. The van der Waals surface area contributed by atoms with Crippen LogP contribution in [0, 0.1) is 25.2 Å². The van der Waals surface area contributed by atoms with E-state index in [0.717, 1.165) is 11.3 Å². The Kier molecular flexibility index (Phi) is 4.44. The predicted molar refractivity (Wildman–Crippen MR) is 91.0 cm³/mol. The van der Waals surface area contributed by atoms with E-state index in [0.29, 0.717) is 22.2 Å². The Morgan fingerprint density at radius 3 is 2.92 bits per heavy atom. The average Bonchev–Trinajstić information content (AvgIpc) is 2.99. The molecule has 0 saturated heterocycles. The van der Waals surface area contributed by atoms with Crippen molar-refractivity contribution in [1.82, 2.24) is 19.6 Å². The predicted octanol–water partition coefficient (Wildman–Crippen LogP) is 2.61. The Bertz CT molecular complexity index is 959. The summed E-state index contributed by atoms with van der Waals surface area (Å²) in [4.78, 5) is 21.0. The minimum absolute atomic E-state index is 0.252. The summed E-state index contributed by atoms with van der Waals surface area (Å²) in [6, 6.07) is 9.59. The summed E-state index contributed by atoms with van der Waals surface area (Å²) in [6.45, 7) is 3.72. The lowest BCUT2D eigenvalue weighted by Gasteiger charge is -2.09. The Morgan fingerprint density at radius 2 is 2.17 bits per heavy atom. The molecule has 0 aliphatic carbocycles. The number of para-hydroxylation sites is 1. The van der Waals surface area contributed by atoms with Gasteiger partial charge in [0.15, 0.2) is 0 Å². The van der Waals surface area contributed by atoms with Crippen molar-refractivity contribution >= 4 is 29.1 Å². The lowest BCUT2D eigenvalue weighted by atomic mass is 10.2. The Morgan fingerprint density at radius 1 is 1.38 bits per heavy atom. The zero-order valence-corrected chi connectivity index (χ0v) is 14.0. The van der Waals surface area contributed by atoms with Crippen molar-refractivity contribution in [2.45, 2.75) is 19.0 Å². The van der Waals surface area contributed by atoms with Gasteiger partial charge in [0.05, 0.1) is 23.1 Å². The van der Waals surface area contributed by atoms with Gasteiger partial charge in [-0.15, -0.1) is 5.10 Å². The molecular formula is C16H14N6OS. The monoisotopic (exact) mass is 338 g/mol. The number of aromatic nitrogens is 4. The fraction of sp³-hybridized carbons (Fsp3) is 0.188. The highest BCUT2D eigenvalue weighted by molar-refractivity contribution is 7.99. The third-order valence-electron chi connectivity index (χ3n) is 3.49. The smallest absolute Gasteiger partial charge is 0.259 e. The minimum Gasteiger partial charge on any atom is -0.322 e. The van der Waals surface area contributed by atoms with E-state index in [9.17, 15) is 4.79 Å². The van der Waals surface area contributed by atoms with Crippen LogP contribution in [-0.2, 0) is 0 Å². The number of nitrogens with one attached hydrogen (secondary N) is 1. The summed E-state index contributed by atoms with van der Waals surface area (Å²) in [6.07, 6.45) is 1.49. The summed E-state index contributed by atoms with van der Waals surface area (Å²) in [7, 11) is 0. The molecule has 1 aromatic carbocycles. The maximum atomic E-state index is 12.5. The molecule has 8 heteroatoms. The molecule has 0 bridgehead atoms. The number of nitriles is 1. The van der Waals surface area contributed by atoms with Gasteiger partial charge in [0, 0.05) is 11.9 Å². The molecule has 1 N–H and O–H groups in total. The molecule has 0 spiro atoms. The number of aryl methyl sites for hydroxylation is 2. The van der Waals surface area contributed by atoms with Crippen LogP contribution in [0.1, 0.15) is 21.6 Å². The lowest BCUT2D eigenvalue weighted by molar-refractivity contribution is 0.102. The topological polar surface area (TPSA) is 96.0 Å². The molecule has 0 radical (unpaired) electrons. The second kappa shape index (κ2) is 6.68. The van der Waals surface area contributed by atoms with Gasteiger partial charge in [-0.2, -0.15) is 14.8 Å². The third kappa shape index (κ3) is 3.07. The van der Waals surface area contributed by atoms with Crippen LogP contribution >= 0.6 is 11.8 Å². The van der Waals surface area contributed by atoms with E-state index in [1.807, 2.05) is 37.3 Å². The normalized spacial score (nSPS) is 10.5. The third-order valence-corrected chi connectivity index (χ3v) is 4.20. The van der Waals surface area contributed by atoms with Crippen LogP contribution in [0.15, 0.2) is 35.6 Å². The van der Waals surface area contributed by atoms with Crippen molar-refractivity contribution in [3.63, 3.8) is 0 Å². The average molecular weight is 338 g/mol. The van der Waals surface area contributed by atoms with Gasteiger partial charge in [-0.25, -0.2) is 4.98 Å². The van der Waals surface area contributed by atoms with Gasteiger partial charge >= 0.3 is 0 Å². The summed E-state index contributed by atoms with van der Waals surface area (Å²) < 4.78 is 1.52. The molecule has 3 rings (SSSR count). The van der Waals surface area contributed by atoms with Gasteiger partial charge < -0.3 is 5.32 Å². The van der Waals surface area contributed by atoms with E-state index in [1.165, 1.54) is 22.5 Å². The molecular weight excluding hydrogens is 324 g/mol. The van der Waals surface area contributed by atoms with Gasteiger partial charge in [0.25, 0.3) is 11.7 Å². The number of benzene rings is 1. The summed E-state index contributed by atoms with van der Waals surface area (Å²) in [5.74, 6) is 0.412. The van der Waals surface area contributed by atoms with Crippen LogP contribution in [0.4, 0.5) is 5.69 Å². The van der Waals surface area contributed by atoms with Crippen LogP contribution in [0.2, 0.25) is 0 Å². The largest absolute Gasteiger partial charge is 0.322 e. The Labute approximate surface area is 142 Å². The molecule has 2 aromatic heterocycles. The van der Waals surface area contributed by atoms with E-state index >= 15 is 0 Å². The first-order chi connectivity index (χ1) is 11.6. The first kappa shape index (κ1) is 16.0. The highest BCUT2D eigenvalue weighted by Crippen LogP contribution is 2.18. The van der Waals surface area contributed by atoms with Gasteiger partial charge in [-0.05, 0) is 25.5 Å². The standard InChI is InChI=1S/C16H14N6OS/c1-10-5-3-4-6-13(10)19-14(23)12-9-18-15-20-16(24-8-7-17)21-22(15)11(12)2/h3-6,9H,8H2,1-2H3,(H,19,23). The van der Waals surface area contributed by atoms with Gasteiger partial charge in [-0.1, -0.05) is 30.0 Å². The fourth-order valence-electron chi connectivity index (χ4n) is 2.21. The molecule has 0 aliphatic heterocycles. The van der Waals surface area contributed by atoms with E-state index in [4.69, 9.17) is 5.26 Å². The Hall–Kier alpha value is -2.92. The zero-order valence-electron chi connectivity index (χ0n) is 13.1. The molecule has 1 amide bonds. The number of carbonyl (C=O) groups excluding carboxylic acids is 1. The van der Waals surface area contributed by atoms with Crippen LogP contribution in [0.3, 0.4) is 0 Å². The number of rotatable bonds is 4. The van der Waals surface area contributed by atoms with Crippen LogP contribution in [-0.4, -0.2) is 31.2 Å². The van der Waals surface area contributed by atoms with Gasteiger partial charge in [0.1, 0.15) is 0 Å². The molecule has 24 heavy (non-hydrogen) atoms. The molecule has 2 heterocycles. The molecule has 0 unspecified atom stereocenters. The van der Waals surface area contributed by atoms with E-state index in [1.54, 1.807) is 6.92 Å². The number of hydrogen-bond donors (Lipinski definition) is 1. The van der Waals surface area contributed by atoms with Crippen molar-refractivity contribution in [3.8, 4) is 6.07 Å². The van der Waals surface area contributed by atoms with Crippen molar-refractivity contribution in [1.29, 1.82) is 5.26 Å². The number of carbonyl (C=O) groups is 1. The quantitative estimate of drug-likeness (QED) is 0.735. The molecule has 120 valence electrons. The highest BCUT2D eigenvalue weighted by Gasteiger charge is 2.16. The first-order valence-corrected chi connectivity index (χ1v) is 8.18. The number of amides is 1. The van der Waals surface area contributed by atoms with Crippen LogP contribution in [0.5, 0.6) is 0 Å². The molecule has 7 nitrogen and oxygen atoms in total. The number of anilines is 1. The van der Waals surface area contributed by atoms with E-state index in [2.05, 4.69) is 20.4 Å². The highest BCUT2D eigenvalue weighted by atomic mass is 32.2. The zero-order chi connectivity index (χ0) is 17.1. The molecule has 0 fully saturated rings. The number of nitrogens with zero attached hydrogens (tertiary/aromatic N) is 5. The molecule has 0 saturated carbocycles. The van der Waals surface area contributed by atoms with Gasteiger partial charge in [0.2, 0.25) is 5.16 Å². The van der Waals surface area contributed by atoms with Gasteiger partial charge in [-0.3, -0.25) is 4.79 Å². The minimum atomic E-state index is -0.252. The number of hydrogen-bond acceptors (Lipinski definition) is 6. The summed E-state index contributed by atoms with van der Waals surface area (Å²) >= 11 is 1.23. The number of fused-ring (bicyclic) bond motifs is 1.